The zero-order valence-corrected chi connectivity index (χ0v) is 16.1. The zero-order chi connectivity index (χ0) is 20.3. The third-order valence-corrected chi connectivity index (χ3v) is 3.98. The molecule has 0 N–H and O–H groups in total. The van der Waals surface area contributed by atoms with E-state index in [4.69, 9.17) is 25.8 Å². The maximum atomic E-state index is 12.1. The van der Waals surface area contributed by atoms with E-state index in [-0.39, 0.29) is 17.1 Å². The fourth-order valence-electron chi connectivity index (χ4n) is 2.53. The Balaban J connectivity index is 2.23. The molecule has 0 saturated heterocycles. The van der Waals surface area contributed by atoms with Gasteiger partial charge in [-0.2, -0.15) is 0 Å². The van der Waals surface area contributed by atoms with Gasteiger partial charge in [-0.05, 0) is 37.3 Å². The van der Waals surface area contributed by atoms with E-state index in [0.717, 1.165) is 0 Å². The highest BCUT2D eigenvalue weighted by molar-refractivity contribution is 6.31. The number of esters is 2. The number of para-hydroxylation sites is 1. The Kier molecular flexibility index (Phi) is 5.66. The lowest BCUT2D eigenvalue weighted by atomic mass is 10.1. The van der Waals surface area contributed by atoms with Gasteiger partial charge >= 0.3 is 11.9 Å². The summed E-state index contributed by atoms with van der Waals surface area (Å²) >= 11 is 6.16. The second-order valence-electron chi connectivity index (χ2n) is 6.07. The van der Waals surface area contributed by atoms with Crippen LogP contribution >= 0.6 is 11.6 Å². The van der Waals surface area contributed by atoms with Gasteiger partial charge in [-0.15, -0.1) is 0 Å². The highest BCUT2D eigenvalue weighted by atomic mass is 35.5. The van der Waals surface area contributed by atoms with Gasteiger partial charge in [0, 0.05) is 34.4 Å². The summed E-state index contributed by atoms with van der Waals surface area (Å²) in [6.07, 6.45) is 0. The van der Waals surface area contributed by atoms with E-state index in [0.29, 0.717) is 27.3 Å². The van der Waals surface area contributed by atoms with Gasteiger partial charge in [-0.3, -0.25) is 4.79 Å². The lowest BCUT2D eigenvalue weighted by Crippen LogP contribution is -2.11. The van der Waals surface area contributed by atoms with Crippen LogP contribution in [0.15, 0.2) is 66.7 Å². The zero-order valence-electron chi connectivity index (χ0n) is 15.3. The van der Waals surface area contributed by atoms with Crippen molar-refractivity contribution in [1.29, 1.82) is 0 Å². The van der Waals surface area contributed by atoms with Crippen LogP contribution < -0.4 is 14.2 Å². The molecule has 0 aliphatic carbocycles. The predicted molar refractivity (Wildman–Crippen MR) is 107 cm³/mol. The average molecular weight is 397 g/mol. The van der Waals surface area contributed by atoms with E-state index in [2.05, 4.69) is 6.58 Å². The molecule has 0 atom stereocenters. The predicted octanol–water partition coefficient (Wildman–Crippen LogP) is 5.69. The molecule has 28 heavy (non-hydrogen) atoms. The maximum absolute atomic E-state index is 12.1. The molecular formula is C22H17ClO5. The number of hydrogen-bond acceptors (Lipinski definition) is 5. The molecule has 0 fully saturated rings. The summed E-state index contributed by atoms with van der Waals surface area (Å²) in [6, 6.07) is 15.6. The SMILES string of the molecule is C=C(C)C(=O)Oc1c(OC(C)=O)cc(Oc2ccccc2)c2cc(Cl)ccc12. The minimum absolute atomic E-state index is 0.0582. The van der Waals surface area contributed by atoms with Crippen LogP contribution in [-0.4, -0.2) is 11.9 Å². The van der Waals surface area contributed by atoms with Crippen LogP contribution in [0.3, 0.4) is 0 Å². The van der Waals surface area contributed by atoms with E-state index in [9.17, 15) is 9.59 Å². The number of rotatable bonds is 5. The molecule has 0 bridgehead atoms. The molecule has 3 rings (SSSR count). The van der Waals surface area contributed by atoms with Gasteiger partial charge in [0.1, 0.15) is 11.5 Å². The first-order valence-corrected chi connectivity index (χ1v) is 8.78. The van der Waals surface area contributed by atoms with E-state index < -0.39 is 11.9 Å². The summed E-state index contributed by atoms with van der Waals surface area (Å²) < 4.78 is 16.7. The first kappa shape index (κ1) is 19.5. The summed E-state index contributed by atoms with van der Waals surface area (Å²) in [5, 5.41) is 1.57. The minimum Gasteiger partial charge on any atom is -0.457 e. The molecule has 0 aliphatic heterocycles. The van der Waals surface area contributed by atoms with Crippen molar-refractivity contribution >= 4 is 34.3 Å². The van der Waals surface area contributed by atoms with Crippen molar-refractivity contribution in [2.24, 2.45) is 0 Å². The van der Waals surface area contributed by atoms with Crippen LogP contribution in [0.25, 0.3) is 10.8 Å². The number of carbonyl (C=O) groups is 2. The molecule has 0 amide bonds. The van der Waals surface area contributed by atoms with Crippen molar-refractivity contribution in [3.8, 4) is 23.0 Å². The van der Waals surface area contributed by atoms with Gasteiger partial charge in [0.15, 0.2) is 11.5 Å². The number of carbonyl (C=O) groups excluding carboxylic acids is 2. The van der Waals surface area contributed by atoms with Crippen molar-refractivity contribution in [1.82, 2.24) is 0 Å². The van der Waals surface area contributed by atoms with Gasteiger partial charge in [-0.25, -0.2) is 4.79 Å². The maximum Gasteiger partial charge on any atom is 0.338 e. The highest BCUT2D eigenvalue weighted by Crippen LogP contribution is 2.44. The standard InChI is InChI=1S/C22H17ClO5/c1-13(2)22(25)28-21-17-10-9-15(23)11-18(17)19(12-20(21)26-14(3)24)27-16-7-5-4-6-8-16/h4-12H,1H2,2-3H3. The molecule has 0 spiro atoms. The Bertz CT molecular complexity index is 1070. The summed E-state index contributed by atoms with van der Waals surface area (Å²) in [4.78, 5) is 23.7. The van der Waals surface area contributed by atoms with Crippen LogP contribution in [0, 0.1) is 0 Å². The van der Waals surface area contributed by atoms with Gasteiger partial charge in [-0.1, -0.05) is 36.4 Å². The van der Waals surface area contributed by atoms with E-state index in [1.807, 2.05) is 18.2 Å². The quantitative estimate of drug-likeness (QED) is 0.315. The first-order valence-electron chi connectivity index (χ1n) is 8.40. The molecule has 0 saturated carbocycles. The summed E-state index contributed by atoms with van der Waals surface area (Å²) in [6.45, 7) is 6.37. The topological polar surface area (TPSA) is 61.8 Å². The van der Waals surface area contributed by atoms with Crippen LogP contribution in [0.4, 0.5) is 0 Å². The number of ether oxygens (including phenoxy) is 3. The molecule has 0 radical (unpaired) electrons. The second-order valence-corrected chi connectivity index (χ2v) is 6.51. The van der Waals surface area contributed by atoms with Crippen LogP contribution in [0.1, 0.15) is 13.8 Å². The van der Waals surface area contributed by atoms with Gasteiger partial charge in [0.25, 0.3) is 0 Å². The third kappa shape index (κ3) is 4.32. The lowest BCUT2D eigenvalue weighted by molar-refractivity contribution is -0.133. The number of benzene rings is 3. The first-order chi connectivity index (χ1) is 13.3. The Hall–Kier alpha value is -3.31. The monoisotopic (exact) mass is 396 g/mol. The van der Waals surface area contributed by atoms with Gasteiger partial charge in [0.2, 0.25) is 0 Å². The summed E-state index contributed by atoms with van der Waals surface area (Å²) in [7, 11) is 0. The molecule has 142 valence electrons. The molecule has 3 aromatic rings. The number of fused-ring (bicyclic) bond motifs is 1. The lowest BCUT2D eigenvalue weighted by Gasteiger charge is -2.16. The Labute approximate surface area is 167 Å². The molecule has 3 aromatic carbocycles. The fraction of sp³-hybridized carbons (Fsp3) is 0.0909. The molecular weight excluding hydrogens is 380 g/mol. The van der Waals surface area contributed by atoms with Crippen molar-refractivity contribution < 1.29 is 23.8 Å². The smallest absolute Gasteiger partial charge is 0.338 e. The van der Waals surface area contributed by atoms with E-state index >= 15 is 0 Å². The molecule has 5 nitrogen and oxygen atoms in total. The largest absolute Gasteiger partial charge is 0.457 e. The normalized spacial score (nSPS) is 10.4. The molecule has 0 unspecified atom stereocenters. The number of halogens is 1. The fourth-order valence-corrected chi connectivity index (χ4v) is 2.70. The van der Waals surface area contributed by atoms with Gasteiger partial charge in [0.05, 0.1) is 0 Å². The van der Waals surface area contributed by atoms with Gasteiger partial charge < -0.3 is 14.2 Å². The molecule has 0 heterocycles. The molecule has 6 heteroatoms. The Morgan fingerprint density at radius 3 is 2.25 bits per heavy atom. The minimum atomic E-state index is -0.638. The van der Waals surface area contributed by atoms with Crippen molar-refractivity contribution in [3.05, 3.63) is 71.8 Å². The highest BCUT2D eigenvalue weighted by Gasteiger charge is 2.21. The van der Waals surface area contributed by atoms with Crippen LogP contribution in [0.2, 0.25) is 5.02 Å². The summed E-state index contributed by atoms with van der Waals surface area (Å²) in [5.41, 5.74) is 0.209. The summed E-state index contributed by atoms with van der Waals surface area (Å²) in [5.74, 6) is -0.0644. The Morgan fingerprint density at radius 1 is 0.893 bits per heavy atom. The van der Waals surface area contributed by atoms with E-state index in [1.165, 1.54) is 19.9 Å². The Morgan fingerprint density at radius 2 is 1.61 bits per heavy atom. The van der Waals surface area contributed by atoms with E-state index in [1.54, 1.807) is 30.3 Å². The molecule has 0 aliphatic rings. The number of hydrogen-bond donors (Lipinski definition) is 0. The third-order valence-electron chi connectivity index (χ3n) is 3.75. The van der Waals surface area contributed by atoms with Crippen molar-refractivity contribution in [2.75, 3.05) is 0 Å². The second kappa shape index (κ2) is 8.15. The van der Waals surface area contributed by atoms with Crippen molar-refractivity contribution in [3.63, 3.8) is 0 Å². The molecule has 0 aromatic heterocycles. The van der Waals surface area contributed by atoms with Crippen LogP contribution in [-0.2, 0) is 9.59 Å². The van der Waals surface area contributed by atoms with Crippen molar-refractivity contribution in [2.45, 2.75) is 13.8 Å². The van der Waals surface area contributed by atoms with Crippen LogP contribution in [0.5, 0.6) is 23.0 Å². The average Bonchev–Trinajstić information content (AvgIpc) is 2.64.